The third-order valence-electron chi connectivity index (χ3n) is 7.37. The summed E-state index contributed by atoms with van der Waals surface area (Å²) < 4.78 is 0.684. The van der Waals surface area contributed by atoms with Crippen LogP contribution in [0.1, 0.15) is 6.92 Å². The molecule has 1 saturated carbocycles. The third-order valence-corrected chi connectivity index (χ3v) is 14.4. The smallest absolute Gasteiger partial charge is 1.00 e. The molecule has 2 aliphatic carbocycles. The van der Waals surface area contributed by atoms with E-state index in [1.807, 2.05) is 0 Å². The van der Waals surface area contributed by atoms with Crippen molar-refractivity contribution in [3.63, 3.8) is 0 Å². The fraction of sp³-hybridized carbons (Fsp3) is 0.214. The molecule has 0 nitrogen and oxygen atoms in total. The van der Waals surface area contributed by atoms with Crippen LogP contribution in [0.15, 0.2) is 115 Å². The Morgan fingerprint density at radius 2 is 0.939 bits per heavy atom. The van der Waals surface area contributed by atoms with Gasteiger partial charge in [-0.15, -0.1) is 0 Å². The van der Waals surface area contributed by atoms with Gasteiger partial charge in [0.05, 0.1) is 0 Å². The van der Waals surface area contributed by atoms with Gasteiger partial charge in [0.2, 0.25) is 0 Å². The predicted molar refractivity (Wildman–Crippen MR) is 126 cm³/mol. The number of fused-ring (bicyclic) bond motifs is 1. The van der Waals surface area contributed by atoms with Crippen molar-refractivity contribution in [2.75, 3.05) is 0 Å². The molecular formula is C28H27Cl3SiTi. The van der Waals surface area contributed by atoms with E-state index in [9.17, 15) is 0 Å². The van der Waals surface area contributed by atoms with Crippen LogP contribution in [-0.4, -0.2) is 8.07 Å². The Morgan fingerprint density at radius 3 is 1.33 bits per heavy atom. The third kappa shape index (κ3) is 4.74. The van der Waals surface area contributed by atoms with Crippen molar-refractivity contribution < 1.29 is 57.7 Å². The van der Waals surface area contributed by atoms with E-state index in [2.05, 4.69) is 143 Å². The fourth-order valence-electron chi connectivity index (χ4n) is 6.15. The number of hydrogen-bond acceptors (Lipinski definition) is 0. The average Bonchev–Trinajstić information content (AvgIpc) is 3.08. The first-order chi connectivity index (χ1) is 14.7. The van der Waals surface area contributed by atoms with Crippen molar-refractivity contribution in [3.05, 3.63) is 115 Å². The molecule has 0 aromatic heterocycles. The summed E-state index contributed by atoms with van der Waals surface area (Å²) in [7, 11) is -2.29. The second-order valence-corrected chi connectivity index (χ2v) is 13.8. The molecule has 0 N–H and O–H groups in total. The molecule has 168 valence electrons. The summed E-state index contributed by atoms with van der Waals surface area (Å²) in [4.78, 5) is 0. The number of benzene rings is 3. The SMILES string of the molecule is CC1[CH]([Ti+3])C2C=CC=CC2C1[Si](c1ccccc1)(c1ccccc1)c1ccccc1.[Cl-].[Cl-].[Cl-]. The van der Waals surface area contributed by atoms with Crippen LogP contribution >= 0.6 is 0 Å². The summed E-state index contributed by atoms with van der Waals surface area (Å²) >= 11 is 2.48. The zero-order chi connectivity index (χ0) is 20.6. The summed E-state index contributed by atoms with van der Waals surface area (Å²) in [5.41, 5.74) is 0.617. The first-order valence-electron chi connectivity index (χ1n) is 11.0. The second kappa shape index (κ2) is 12.1. The minimum Gasteiger partial charge on any atom is -1.00 e. The first kappa shape index (κ1) is 28.2. The molecule has 0 amide bonds. The molecule has 2 aliphatic rings. The van der Waals surface area contributed by atoms with Crippen molar-refractivity contribution in [2.45, 2.75) is 16.7 Å². The average molecular weight is 546 g/mol. The van der Waals surface area contributed by atoms with Crippen LogP contribution in [-0.2, 0) is 20.4 Å². The van der Waals surface area contributed by atoms with Gasteiger partial charge < -0.3 is 37.2 Å². The molecular weight excluding hydrogens is 519 g/mol. The van der Waals surface area contributed by atoms with Crippen LogP contribution in [0.25, 0.3) is 0 Å². The molecule has 0 radical (unpaired) electrons. The van der Waals surface area contributed by atoms with E-state index in [4.69, 9.17) is 0 Å². The zero-order valence-electron chi connectivity index (χ0n) is 18.5. The largest absolute Gasteiger partial charge is 1.00 e. The molecule has 1 fully saturated rings. The number of rotatable bonds is 4. The Bertz CT molecular complexity index is 960. The molecule has 5 atom stereocenters. The molecule has 3 aromatic rings. The molecule has 5 rings (SSSR count). The van der Waals surface area contributed by atoms with Gasteiger partial charge in [0.25, 0.3) is 0 Å². The van der Waals surface area contributed by atoms with Crippen LogP contribution in [0, 0.1) is 17.8 Å². The normalized spacial score (nSPS) is 25.2. The molecule has 0 bridgehead atoms. The number of halogens is 3. The van der Waals surface area contributed by atoms with Crippen molar-refractivity contribution >= 4 is 23.6 Å². The van der Waals surface area contributed by atoms with Crippen LogP contribution in [0.4, 0.5) is 0 Å². The summed E-state index contributed by atoms with van der Waals surface area (Å²) in [5.74, 6) is 1.88. The quantitative estimate of drug-likeness (QED) is 0.231. The standard InChI is InChI=1S/C28H27Si.3ClH.Ti/c1-22-21-23-13-11-12-20-27(23)28(22)29(24-14-5-2-6-15-24,25-16-7-3-8-17-25)26-18-9-4-10-19-26;;;;/h2-23,27-28H,1H3;3*1H;/q;;;;+3/p-3. The predicted octanol–water partition coefficient (Wildman–Crippen LogP) is -4.12. The van der Waals surface area contributed by atoms with Crippen molar-refractivity contribution in [3.8, 4) is 0 Å². The summed E-state index contributed by atoms with van der Waals surface area (Å²) in [6.07, 6.45) is 9.56. The molecule has 5 unspecified atom stereocenters. The first-order valence-corrected chi connectivity index (χ1v) is 13.9. The maximum atomic E-state index is 2.52. The molecule has 0 heterocycles. The molecule has 0 spiro atoms. The Balaban J connectivity index is 0.00000128. The minimum absolute atomic E-state index is 0. The van der Waals surface area contributed by atoms with E-state index >= 15 is 0 Å². The van der Waals surface area contributed by atoms with Crippen LogP contribution in [0.3, 0.4) is 0 Å². The van der Waals surface area contributed by atoms with Gasteiger partial charge in [-0.2, -0.15) is 0 Å². The van der Waals surface area contributed by atoms with Gasteiger partial charge in [0, 0.05) is 0 Å². The van der Waals surface area contributed by atoms with Crippen LogP contribution in [0.5, 0.6) is 0 Å². The number of allylic oxidation sites excluding steroid dienone is 4. The van der Waals surface area contributed by atoms with Crippen molar-refractivity contribution in [2.24, 2.45) is 17.8 Å². The Hall–Kier alpha value is -1.06. The van der Waals surface area contributed by atoms with Crippen LogP contribution in [0.2, 0.25) is 9.76 Å². The van der Waals surface area contributed by atoms with Gasteiger partial charge >= 0.3 is 194 Å². The summed E-state index contributed by atoms with van der Waals surface area (Å²) in [6.45, 7) is 2.52. The van der Waals surface area contributed by atoms with E-state index in [1.165, 1.54) is 15.6 Å². The Morgan fingerprint density at radius 1 is 0.576 bits per heavy atom. The topological polar surface area (TPSA) is 0 Å². The molecule has 3 aromatic carbocycles. The van der Waals surface area contributed by atoms with Gasteiger partial charge in [0.1, 0.15) is 0 Å². The second-order valence-electron chi connectivity index (χ2n) is 8.74. The Labute approximate surface area is 229 Å². The van der Waals surface area contributed by atoms with Crippen LogP contribution < -0.4 is 52.8 Å². The monoisotopic (exact) mass is 544 g/mol. The maximum absolute atomic E-state index is 2.52. The molecule has 0 saturated heterocycles. The molecule has 0 aliphatic heterocycles. The van der Waals surface area contributed by atoms with Gasteiger partial charge in [-0.25, -0.2) is 0 Å². The van der Waals surface area contributed by atoms with E-state index in [0.717, 1.165) is 0 Å². The maximum Gasteiger partial charge on any atom is -1.00 e. The summed E-state index contributed by atoms with van der Waals surface area (Å²) in [6, 6.07) is 34.3. The van der Waals surface area contributed by atoms with E-state index in [1.54, 1.807) is 0 Å². The fourth-order valence-corrected chi connectivity index (χ4v) is 13.5. The Kier molecular flexibility index (Phi) is 10.3. The molecule has 5 heteroatoms. The van der Waals surface area contributed by atoms with E-state index < -0.39 is 8.07 Å². The van der Waals surface area contributed by atoms with Crippen molar-refractivity contribution in [1.29, 1.82) is 0 Å². The van der Waals surface area contributed by atoms with Crippen molar-refractivity contribution in [1.82, 2.24) is 0 Å². The van der Waals surface area contributed by atoms with E-state index in [-0.39, 0.29) is 37.2 Å². The minimum atomic E-state index is -2.29. The van der Waals surface area contributed by atoms with Gasteiger partial charge in [0.15, 0.2) is 0 Å². The number of hydrogen-bond donors (Lipinski definition) is 0. The van der Waals surface area contributed by atoms with Gasteiger partial charge in [-0.3, -0.25) is 0 Å². The van der Waals surface area contributed by atoms with Gasteiger partial charge in [-0.05, 0) is 0 Å². The summed E-state index contributed by atoms with van der Waals surface area (Å²) in [5, 5.41) is 4.61. The molecule has 33 heavy (non-hydrogen) atoms. The zero-order valence-corrected chi connectivity index (χ0v) is 23.3. The van der Waals surface area contributed by atoms with E-state index in [0.29, 0.717) is 27.5 Å². The van der Waals surface area contributed by atoms with Gasteiger partial charge in [-0.1, -0.05) is 0 Å².